The topological polar surface area (TPSA) is 77.9 Å². The van der Waals surface area contributed by atoms with Crippen LogP contribution >= 0.6 is 0 Å². The van der Waals surface area contributed by atoms with Gasteiger partial charge in [0, 0.05) is 17.8 Å². The van der Waals surface area contributed by atoms with Crippen molar-refractivity contribution >= 4 is 22.6 Å². The Bertz CT molecular complexity index is 1140. The van der Waals surface area contributed by atoms with Crippen LogP contribution in [-0.4, -0.2) is 54.8 Å². The standard InChI is InChI=1S/C26H34N4O4/c1-6-30-21-8-7-19(15-20(21)28-24(30)16-29-11-9-17(2)10-12-29)27-26(31)18-13-22(32-3)25(34-5)23(14-18)33-4/h7-8,13-15,17H,6,9-12,16H2,1-5H3,(H,27,31). The third-order valence-electron chi connectivity index (χ3n) is 6.57. The summed E-state index contributed by atoms with van der Waals surface area (Å²) in [5.74, 6) is 2.92. The highest BCUT2D eigenvalue weighted by molar-refractivity contribution is 6.05. The number of imidazole rings is 1. The molecule has 8 nitrogen and oxygen atoms in total. The first-order chi connectivity index (χ1) is 16.5. The van der Waals surface area contributed by atoms with E-state index in [0.717, 1.165) is 49.0 Å². The van der Waals surface area contributed by atoms with Crippen molar-refractivity contribution in [3.05, 3.63) is 41.7 Å². The van der Waals surface area contributed by atoms with E-state index in [1.54, 1.807) is 12.1 Å². The molecule has 1 aromatic heterocycles. The average molecular weight is 467 g/mol. The number of carbonyl (C=O) groups is 1. The molecule has 2 heterocycles. The van der Waals surface area contributed by atoms with Gasteiger partial charge >= 0.3 is 0 Å². The van der Waals surface area contributed by atoms with E-state index in [1.807, 2.05) is 18.2 Å². The lowest BCUT2D eigenvalue weighted by Gasteiger charge is -2.29. The molecule has 0 atom stereocenters. The molecule has 8 heteroatoms. The summed E-state index contributed by atoms with van der Waals surface area (Å²) in [6, 6.07) is 9.15. The SMILES string of the molecule is CCn1c(CN2CCC(C)CC2)nc2cc(NC(=O)c3cc(OC)c(OC)c(OC)c3)ccc21. The van der Waals surface area contributed by atoms with E-state index in [4.69, 9.17) is 19.2 Å². The van der Waals surface area contributed by atoms with Gasteiger partial charge in [0.2, 0.25) is 5.75 Å². The fraction of sp³-hybridized carbons (Fsp3) is 0.462. The quantitative estimate of drug-likeness (QED) is 0.524. The molecule has 0 radical (unpaired) electrons. The van der Waals surface area contributed by atoms with Crippen LogP contribution in [0, 0.1) is 5.92 Å². The van der Waals surface area contributed by atoms with Crippen molar-refractivity contribution in [3.63, 3.8) is 0 Å². The number of carbonyl (C=O) groups excluding carboxylic acids is 1. The lowest BCUT2D eigenvalue weighted by atomic mass is 9.99. The smallest absolute Gasteiger partial charge is 0.255 e. The molecule has 2 aromatic carbocycles. The van der Waals surface area contributed by atoms with Crippen LogP contribution in [0.2, 0.25) is 0 Å². The van der Waals surface area contributed by atoms with Gasteiger partial charge in [0.25, 0.3) is 5.91 Å². The molecule has 1 fully saturated rings. The zero-order valence-corrected chi connectivity index (χ0v) is 20.7. The van der Waals surface area contributed by atoms with Crippen molar-refractivity contribution in [2.45, 2.75) is 39.8 Å². The van der Waals surface area contributed by atoms with E-state index in [9.17, 15) is 4.79 Å². The van der Waals surface area contributed by atoms with E-state index in [0.29, 0.717) is 28.5 Å². The predicted octanol–water partition coefficient (Wildman–Crippen LogP) is 4.57. The highest BCUT2D eigenvalue weighted by Crippen LogP contribution is 2.38. The maximum absolute atomic E-state index is 13.0. The van der Waals surface area contributed by atoms with Crippen molar-refractivity contribution in [1.82, 2.24) is 14.5 Å². The van der Waals surface area contributed by atoms with Crippen LogP contribution in [-0.2, 0) is 13.1 Å². The molecule has 182 valence electrons. The summed E-state index contributed by atoms with van der Waals surface area (Å²) in [6.45, 7) is 8.40. The van der Waals surface area contributed by atoms with Crippen LogP contribution in [0.5, 0.6) is 17.2 Å². The Morgan fingerprint density at radius 3 is 2.32 bits per heavy atom. The molecular formula is C26H34N4O4. The molecule has 4 rings (SSSR count). The third kappa shape index (κ3) is 4.82. The van der Waals surface area contributed by atoms with E-state index in [-0.39, 0.29) is 5.91 Å². The highest BCUT2D eigenvalue weighted by Gasteiger charge is 2.20. The maximum atomic E-state index is 13.0. The minimum absolute atomic E-state index is 0.267. The van der Waals surface area contributed by atoms with E-state index >= 15 is 0 Å². The van der Waals surface area contributed by atoms with Crippen molar-refractivity contribution in [3.8, 4) is 17.2 Å². The van der Waals surface area contributed by atoms with Gasteiger partial charge in [-0.2, -0.15) is 0 Å². The van der Waals surface area contributed by atoms with Gasteiger partial charge in [0.1, 0.15) is 5.82 Å². The fourth-order valence-corrected chi connectivity index (χ4v) is 4.57. The molecule has 0 spiro atoms. The summed E-state index contributed by atoms with van der Waals surface area (Å²) in [6.07, 6.45) is 2.48. The van der Waals surface area contributed by atoms with Crippen LogP contribution in [0.15, 0.2) is 30.3 Å². The summed E-state index contributed by atoms with van der Waals surface area (Å²) in [5, 5.41) is 2.97. The highest BCUT2D eigenvalue weighted by atomic mass is 16.5. The Morgan fingerprint density at radius 1 is 1.06 bits per heavy atom. The normalized spacial score (nSPS) is 14.9. The number of aromatic nitrogens is 2. The summed E-state index contributed by atoms with van der Waals surface area (Å²) >= 11 is 0. The third-order valence-corrected chi connectivity index (χ3v) is 6.57. The van der Waals surface area contributed by atoms with Crippen LogP contribution in [0.4, 0.5) is 5.69 Å². The second-order valence-electron chi connectivity index (χ2n) is 8.80. The number of ether oxygens (including phenoxy) is 3. The second-order valence-corrected chi connectivity index (χ2v) is 8.80. The predicted molar refractivity (Wildman–Crippen MR) is 133 cm³/mol. The minimum atomic E-state index is -0.267. The molecule has 1 aliphatic rings. The number of hydrogen-bond acceptors (Lipinski definition) is 6. The number of piperidine rings is 1. The van der Waals surface area contributed by atoms with Crippen molar-refractivity contribution in [2.24, 2.45) is 5.92 Å². The lowest BCUT2D eigenvalue weighted by Crippen LogP contribution is -2.33. The molecule has 1 aliphatic heterocycles. The number of aryl methyl sites for hydroxylation is 1. The molecule has 0 unspecified atom stereocenters. The van der Waals surface area contributed by atoms with E-state index < -0.39 is 0 Å². The number of rotatable bonds is 8. The van der Waals surface area contributed by atoms with Gasteiger partial charge < -0.3 is 24.1 Å². The molecule has 3 aromatic rings. The van der Waals surface area contributed by atoms with Crippen molar-refractivity contribution in [1.29, 1.82) is 0 Å². The molecule has 1 amide bonds. The van der Waals surface area contributed by atoms with Crippen LogP contribution in [0.3, 0.4) is 0 Å². The summed E-state index contributed by atoms with van der Waals surface area (Å²) in [7, 11) is 4.59. The first-order valence-corrected chi connectivity index (χ1v) is 11.8. The largest absolute Gasteiger partial charge is 0.493 e. The Hall–Kier alpha value is -3.26. The lowest BCUT2D eigenvalue weighted by molar-refractivity contribution is 0.102. The summed E-state index contributed by atoms with van der Waals surface area (Å²) in [4.78, 5) is 20.4. The summed E-state index contributed by atoms with van der Waals surface area (Å²) < 4.78 is 18.4. The van der Waals surface area contributed by atoms with Gasteiger partial charge in [0.15, 0.2) is 11.5 Å². The number of benzene rings is 2. The molecule has 34 heavy (non-hydrogen) atoms. The number of nitrogens with one attached hydrogen (secondary N) is 1. The number of hydrogen-bond donors (Lipinski definition) is 1. The average Bonchev–Trinajstić information content (AvgIpc) is 3.20. The minimum Gasteiger partial charge on any atom is -0.493 e. The Balaban J connectivity index is 1.56. The van der Waals surface area contributed by atoms with Crippen LogP contribution in [0.1, 0.15) is 42.9 Å². The maximum Gasteiger partial charge on any atom is 0.255 e. The second kappa shape index (κ2) is 10.3. The van der Waals surface area contributed by atoms with Gasteiger partial charge in [-0.15, -0.1) is 0 Å². The van der Waals surface area contributed by atoms with Gasteiger partial charge in [-0.3, -0.25) is 9.69 Å². The number of likely N-dealkylation sites (tertiary alicyclic amines) is 1. The first kappa shape index (κ1) is 23.9. The molecule has 1 N–H and O–H groups in total. The Morgan fingerprint density at radius 2 is 1.74 bits per heavy atom. The number of methoxy groups -OCH3 is 3. The Kier molecular flexibility index (Phi) is 7.26. The molecular weight excluding hydrogens is 432 g/mol. The van der Waals surface area contributed by atoms with Crippen molar-refractivity contribution in [2.75, 3.05) is 39.7 Å². The van der Waals surface area contributed by atoms with E-state index in [2.05, 4.69) is 28.6 Å². The zero-order valence-electron chi connectivity index (χ0n) is 20.7. The number of nitrogens with zero attached hydrogens (tertiary/aromatic N) is 3. The van der Waals surface area contributed by atoms with Crippen molar-refractivity contribution < 1.29 is 19.0 Å². The van der Waals surface area contributed by atoms with E-state index in [1.165, 1.54) is 34.2 Å². The molecule has 0 aliphatic carbocycles. The molecule has 0 saturated carbocycles. The number of amides is 1. The van der Waals surface area contributed by atoms with Gasteiger partial charge in [-0.05, 0) is 69.1 Å². The van der Waals surface area contributed by atoms with Gasteiger partial charge in [0.05, 0.1) is 38.9 Å². The first-order valence-electron chi connectivity index (χ1n) is 11.8. The number of anilines is 1. The number of fused-ring (bicyclic) bond motifs is 1. The Labute approximate surface area is 200 Å². The van der Waals surface area contributed by atoms with Gasteiger partial charge in [-0.1, -0.05) is 6.92 Å². The molecule has 0 bridgehead atoms. The fourth-order valence-electron chi connectivity index (χ4n) is 4.57. The monoisotopic (exact) mass is 466 g/mol. The molecule has 1 saturated heterocycles. The van der Waals surface area contributed by atoms with Crippen LogP contribution in [0.25, 0.3) is 11.0 Å². The van der Waals surface area contributed by atoms with Crippen LogP contribution < -0.4 is 19.5 Å². The zero-order chi connectivity index (χ0) is 24.2. The van der Waals surface area contributed by atoms with Gasteiger partial charge in [-0.25, -0.2) is 4.98 Å². The summed E-state index contributed by atoms with van der Waals surface area (Å²) in [5.41, 5.74) is 3.05.